The van der Waals surface area contributed by atoms with Crippen LogP contribution in [-0.4, -0.2) is 24.2 Å². The van der Waals surface area contributed by atoms with Crippen molar-refractivity contribution in [1.82, 2.24) is 0 Å². The van der Waals surface area contributed by atoms with Gasteiger partial charge >= 0.3 is 5.97 Å². The molecule has 3 nitrogen and oxygen atoms in total. The molecule has 1 aromatic rings. The van der Waals surface area contributed by atoms with Gasteiger partial charge in [0.15, 0.2) is 0 Å². The molecular weight excluding hydrogens is 202 g/mol. The Balaban J connectivity index is 1.72. The zero-order valence-corrected chi connectivity index (χ0v) is 9.15. The van der Waals surface area contributed by atoms with E-state index in [-0.39, 0.29) is 6.42 Å². The van der Waals surface area contributed by atoms with Crippen molar-refractivity contribution in [3.63, 3.8) is 0 Å². The van der Waals surface area contributed by atoms with Crippen LogP contribution in [-0.2, 0) is 11.2 Å². The Bertz CT molecular complexity index is 429. The topological polar surface area (TPSA) is 40.5 Å². The Morgan fingerprint density at radius 1 is 1.38 bits per heavy atom. The lowest BCUT2D eigenvalue weighted by Crippen LogP contribution is -2.48. The lowest BCUT2D eigenvalue weighted by Gasteiger charge is -2.42. The van der Waals surface area contributed by atoms with E-state index in [2.05, 4.69) is 11.0 Å². The predicted octanol–water partition coefficient (Wildman–Crippen LogP) is 1.91. The van der Waals surface area contributed by atoms with Crippen molar-refractivity contribution >= 4 is 11.7 Å². The molecule has 0 aromatic heterocycles. The quantitative estimate of drug-likeness (QED) is 0.840. The van der Waals surface area contributed by atoms with E-state index in [0.717, 1.165) is 18.7 Å². The molecule has 0 radical (unpaired) electrons. The van der Waals surface area contributed by atoms with Gasteiger partial charge in [-0.2, -0.15) is 0 Å². The first kappa shape index (κ1) is 9.70. The van der Waals surface area contributed by atoms with Gasteiger partial charge in [-0.3, -0.25) is 4.79 Å². The molecule has 0 atom stereocenters. The van der Waals surface area contributed by atoms with Crippen molar-refractivity contribution in [2.45, 2.75) is 19.3 Å². The first-order chi connectivity index (χ1) is 7.67. The van der Waals surface area contributed by atoms with Gasteiger partial charge in [0.25, 0.3) is 0 Å². The summed E-state index contributed by atoms with van der Waals surface area (Å²) in [6, 6.07) is 7.90. The number of anilines is 1. The van der Waals surface area contributed by atoms with E-state index in [1.165, 1.54) is 18.5 Å². The highest BCUT2D eigenvalue weighted by Crippen LogP contribution is 2.53. The number of carboxylic acids is 1. The highest BCUT2D eigenvalue weighted by Gasteiger charge is 2.52. The van der Waals surface area contributed by atoms with E-state index in [4.69, 9.17) is 5.11 Å². The fraction of sp³-hybridized carbons (Fsp3) is 0.462. The number of rotatable bonds is 3. The average molecular weight is 217 g/mol. The van der Waals surface area contributed by atoms with Gasteiger partial charge in [-0.25, -0.2) is 0 Å². The van der Waals surface area contributed by atoms with Gasteiger partial charge in [0.2, 0.25) is 0 Å². The normalized spacial score (nSPS) is 20.6. The van der Waals surface area contributed by atoms with Crippen LogP contribution in [0.2, 0.25) is 0 Å². The van der Waals surface area contributed by atoms with E-state index in [1.807, 2.05) is 18.2 Å². The zero-order valence-electron chi connectivity index (χ0n) is 9.15. The molecule has 16 heavy (non-hydrogen) atoms. The molecule has 1 saturated carbocycles. The summed E-state index contributed by atoms with van der Waals surface area (Å²) >= 11 is 0. The third-order valence-corrected chi connectivity index (χ3v) is 3.64. The van der Waals surface area contributed by atoms with Crippen molar-refractivity contribution in [3.05, 3.63) is 29.8 Å². The molecule has 3 heteroatoms. The Hall–Kier alpha value is -1.51. The second-order valence-electron chi connectivity index (χ2n) is 5.10. The Labute approximate surface area is 94.7 Å². The maximum absolute atomic E-state index is 10.6. The number of aliphatic carboxylic acids is 1. The van der Waals surface area contributed by atoms with Gasteiger partial charge in [0.1, 0.15) is 0 Å². The van der Waals surface area contributed by atoms with Gasteiger partial charge in [-0.15, -0.1) is 0 Å². The second kappa shape index (κ2) is 3.24. The monoisotopic (exact) mass is 217 g/mol. The standard InChI is InChI=1S/C13H15NO2/c15-12(16)7-10-2-1-3-11(6-10)14-8-13(9-14)4-5-13/h1-3,6H,4-5,7-9H2,(H,15,16). The van der Waals surface area contributed by atoms with E-state index in [0.29, 0.717) is 5.41 Å². The Kier molecular flexibility index (Phi) is 1.96. The van der Waals surface area contributed by atoms with E-state index in [1.54, 1.807) is 0 Å². The molecule has 1 N–H and O–H groups in total. The number of nitrogens with zero attached hydrogens (tertiary/aromatic N) is 1. The van der Waals surface area contributed by atoms with Crippen LogP contribution in [0.3, 0.4) is 0 Å². The maximum atomic E-state index is 10.6. The minimum Gasteiger partial charge on any atom is -0.481 e. The average Bonchev–Trinajstić information content (AvgIpc) is 2.94. The van der Waals surface area contributed by atoms with Crippen LogP contribution in [0, 0.1) is 5.41 Å². The molecule has 84 valence electrons. The molecule has 1 spiro atoms. The second-order valence-corrected chi connectivity index (χ2v) is 5.10. The van der Waals surface area contributed by atoms with Crippen LogP contribution in [0.4, 0.5) is 5.69 Å². The van der Waals surface area contributed by atoms with Gasteiger partial charge < -0.3 is 10.0 Å². The van der Waals surface area contributed by atoms with Crippen molar-refractivity contribution < 1.29 is 9.90 Å². The molecule has 2 aliphatic rings. The SMILES string of the molecule is O=C(O)Cc1cccc(N2CC3(CC3)C2)c1. The number of hydrogen-bond acceptors (Lipinski definition) is 2. The molecule has 0 amide bonds. The minimum atomic E-state index is -0.764. The molecule has 1 aliphatic heterocycles. The first-order valence-corrected chi connectivity index (χ1v) is 5.73. The zero-order chi connectivity index (χ0) is 11.2. The van der Waals surface area contributed by atoms with Crippen molar-refractivity contribution in [2.75, 3.05) is 18.0 Å². The summed E-state index contributed by atoms with van der Waals surface area (Å²) < 4.78 is 0. The molecule has 0 bridgehead atoms. The van der Waals surface area contributed by atoms with Crippen LogP contribution < -0.4 is 4.90 Å². The summed E-state index contributed by atoms with van der Waals surface area (Å²) in [6.45, 7) is 2.31. The summed E-state index contributed by atoms with van der Waals surface area (Å²) in [6.07, 6.45) is 2.86. The summed E-state index contributed by atoms with van der Waals surface area (Å²) in [5.74, 6) is -0.764. The fourth-order valence-electron chi connectivity index (χ4n) is 2.48. The molecule has 1 saturated heterocycles. The molecule has 1 aromatic carbocycles. The first-order valence-electron chi connectivity index (χ1n) is 5.73. The summed E-state index contributed by atoms with van der Waals surface area (Å²) in [5.41, 5.74) is 2.71. The molecule has 1 aliphatic carbocycles. The van der Waals surface area contributed by atoms with Gasteiger partial charge in [0, 0.05) is 24.2 Å². The van der Waals surface area contributed by atoms with E-state index in [9.17, 15) is 4.79 Å². The summed E-state index contributed by atoms with van der Waals surface area (Å²) in [5, 5.41) is 8.75. The van der Waals surface area contributed by atoms with E-state index >= 15 is 0 Å². The smallest absolute Gasteiger partial charge is 0.307 e. The summed E-state index contributed by atoms with van der Waals surface area (Å²) in [7, 11) is 0. The summed E-state index contributed by atoms with van der Waals surface area (Å²) in [4.78, 5) is 13.0. The third-order valence-electron chi connectivity index (χ3n) is 3.64. The predicted molar refractivity (Wildman–Crippen MR) is 61.7 cm³/mol. The maximum Gasteiger partial charge on any atom is 0.307 e. The highest BCUT2D eigenvalue weighted by atomic mass is 16.4. The number of hydrogen-bond donors (Lipinski definition) is 1. The van der Waals surface area contributed by atoms with Gasteiger partial charge in [-0.1, -0.05) is 12.1 Å². The molecule has 3 rings (SSSR count). The molecule has 1 heterocycles. The highest BCUT2D eigenvalue weighted by molar-refractivity contribution is 5.71. The molecule has 2 fully saturated rings. The molecule has 0 unspecified atom stereocenters. The largest absolute Gasteiger partial charge is 0.481 e. The number of carbonyl (C=O) groups is 1. The lowest BCUT2D eigenvalue weighted by molar-refractivity contribution is -0.136. The van der Waals surface area contributed by atoms with Crippen LogP contribution in [0.5, 0.6) is 0 Å². The number of benzene rings is 1. The van der Waals surface area contributed by atoms with Crippen LogP contribution in [0.15, 0.2) is 24.3 Å². The van der Waals surface area contributed by atoms with Gasteiger partial charge in [-0.05, 0) is 30.5 Å². The Morgan fingerprint density at radius 3 is 2.75 bits per heavy atom. The van der Waals surface area contributed by atoms with Gasteiger partial charge in [0.05, 0.1) is 6.42 Å². The lowest BCUT2D eigenvalue weighted by atomic mass is 9.95. The Morgan fingerprint density at radius 2 is 2.12 bits per heavy atom. The van der Waals surface area contributed by atoms with Crippen molar-refractivity contribution in [3.8, 4) is 0 Å². The van der Waals surface area contributed by atoms with Crippen molar-refractivity contribution in [1.29, 1.82) is 0 Å². The third kappa shape index (κ3) is 1.66. The van der Waals surface area contributed by atoms with Crippen LogP contribution in [0.25, 0.3) is 0 Å². The van der Waals surface area contributed by atoms with Crippen LogP contribution >= 0.6 is 0 Å². The fourth-order valence-corrected chi connectivity index (χ4v) is 2.48. The van der Waals surface area contributed by atoms with Crippen LogP contribution in [0.1, 0.15) is 18.4 Å². The number of carboxylic acid groups (broad SMARTS) is 1. The van der Waals surface area contributed by atoms with E-state index < -0.39 is 5.97 Å². The van der Waals surface area contributed by atoms with Crippen molar-refractivity contribution in [2.24, 2.45) is 5.41 Å². The minimum absolute atomic E-state index is 0.118. The molecular formula is C13H15NO2.